The van der Waals surface area contributed by atoms with Gasteiger partial charge in [0.2, 0.25) is 0 Å². The molecule has 1 aliphatic heterocycles. The molecule has 32 heavy (non-hydrogen) atoms. The first kappa shape index (κ1) is 20.2. The minimum absolute atomic E-state index is 0.167. The zero-order valence-electron chi connectivity index (χ0n) is 18.4. The number of anilines is 1. The van der Waals surface area contributed by atoms with Crippen LogP contribution in [0.4, 0.5) is 5.69 Å². The molecule has 7 heteroatoms. The van der Waals surface area contributed by atoms with Gasteiger partial charge in [-0.05, 0) is 51.0 Å². The van der Waals surface area contributed by atoms with Crippen molar-refractivity contribution >= 4 is 11.6 Å². The van der Waals surface area contributed by atoms with E-state index in [2.05, 4.69) is 25.2 Å². The summed E-state index contributed by atoms with van der Waals surface area (Å²) in [5.41, 5.74) is 4.71. The molecule has 0 aliphatic carbocycles. The van der Waals surface area contributed by atoms with E-state index in [4.69, 9.17) is 0 Å². The second-order valence-electron chi connectivity index (χ2n) is 8.23. The van der Waals surface area contributed by atoms with Gasteiger partial charge in [0.15, 0.2) is 5.82 Å². The van der Waals surface area contributed by atoms with Crippen LogP contribution >= 0.6 is 0 Å². The third kappa shape index (κ3) is 3.70. The second-order valence-corrected chi connectivity index (χ2v) is 8.23. The lowest BCUT2D eigenvalue weighted by atomic mass is 10.1. The van der Waals surface area contributed by atoms with Crippen LogP contribution in [0.1, 0.15) is 46.8 Å². The van der Waals surface area contributed by atoms with E-state index in [1.165, 1.54) is 6.42 Å². The van der Waals surface area contributed by atoms with E-state index in [1.807, 2.05) is 73.1 Å². The number of hydrogen-bond acceptors (Lipinski definition) is 4. The molecule has 0 saturated carbocycles. The smallest absolute Gasteiger partial charge is 0.259 e. The third-order valence-electron chi connectivity index (χ3n) is 6.01. The molecule has 2 aromatic heterocycles. The Labute approximate surface area is 187 Å². The quantitative estimate of drug-likeness (QED) is 0.512. The number of benzene rings is 2. The van der Waals surface area contributed by atoms with E-state index >= 15 is 0 Å². The number of nitrogens with one attached hydrogen (secondary N) is 1. The number of nitrogens with zero attached hydrogens (tertiary/aromatic N) is 5. The molecule has 1 N–H and O–H groups in total. The summed E-state index contributed by atoms with van der Waals surface area (Å²) < 4.78 is 4.03. The fourth-order valence-corrected chi connectivity index (χ4v) is 4.42. The average Bonchev–Trinajstić information content (AvgIpc) is 3.24. The largest absolute Gasteiger partial charge is 0.322 e. The van der Waals surface area contributed by atoms with Crippen molar-refractivity contribution in [1.82, 2.24) is 24.5 Å². The van der Waals surface area contributed by atoms with Crippen molar-refractivity contribution in [3.8, 4) is 17.1 Å². The molecule has 4 aromatic rings. The number of aromatic nitrogens is 5. The molecule has 0 radical (unpaired) electrons. The number of hydrogen-bond donors (Lipinski definition) is 1. The molecule has 3 heterocycles. The molecule has 0 bridgehead atoms. The molecular formula is C25H26N6O. The molecular weight excluding hydrogens is 400 g/mol. The minimum Gasteiger partial charge on any atom is -0.322 e. The van der Waals surface area contributed by atoms with E-state index in [0.717, 1.165) is 60.1 Å². The Bertz CT molecular complexity index is 1270. The van der Waals surface area contributed by atoms with E-state index in [-0.39, 0.29) is 5.91 Å². The molecule has 0 saturated heterocycles. The first-order valence-corrected chi connectivity index (χ1v) is 11.1. The number of rotatable bonds is 4. The van der Waals surface area contributed by atoms with Gasteiger partial charge in [-0.2, -0.15) is 5.10 Å². The van der Waals surface area contributed by atoms with E-state index < -0.39 is 0 Å². The van der Waals surface area contributed by atoms with Crippen molar-refractivity contribution in [2.45, 2.75) is 46.1 Å². The van der Waals surface area contributed by atoms with Crippen LogP contribution in [0.5, 0.6) is 0 Å². The normalized spacial score (nSPS) is 13.4. The fraction of sp³-hybridized carbons (Fsp3) is 0.280. The maximum absolute atomic E-state index is 13.2. The van der Waals surface area contributed by atoms with Crippen molar-refractivity contribution in [1.29, 1.82) is 0 Å². The number of aryl methyl sites for hydroxylation is 2. The van der Waals surface area contributed by atoms with Gasteiger partial charge in [0.25, 0.3) is 5.91 Å². The standard InChI is InChI=1S/C25H26N6O/c1-17-23(18(2)31(29-17)21-12-5-3-6-13-21)25(32)26-20-11-9-10-19(16-20)24-28-27-22-14-7-4-8-15-30(22)24/h3,5-6,9-13,16H,4,7-8,14-15H2,1-2H3,(H,26,32). The van der Waals surface area contributed by atoms with Gasteiger partial charge < -0.3 is 9.88 Å². The maximum atomic E-state index is 13.2. The van der Waals surface area contributed by atoms with Gasteiger partial charge in [0, 0.05) is 24.2 Å². The van der Waals surface area contributed by atoms with Crippen LogP contribution in [0.2, 0.25) is 0 Å². The number of carbonyl (C=O) groups excluding carboxylic acids is 1. The Morgan fingerprint density at radius 3 is 2.66 bits per heavy atom. The molecule has 162 valence electrons. The lowest BCUT2D eigenvalue weighted by Gasteiger charge is -2.10. The van der Waals surface area contributed by atoms with Gasteiger partial charge in [0.05, 0.1) is 22.6 Å². The molecule has 0 atom stereocenters. The highest BCUT2D eigenvalue weighted by molar-refractivity contribution is 6.06. The van der Waals surface area contributed by atoms with Gasteiger partial charge in [-0.15, -0.1) is 10.2 Å². The summed E-state index contributed by atoms with van der Waals surface area (Å²) in [7, 11) is 0. The minimum atomic E-state index is -0.167. The molecule has 5 rings (SSSR count). The SMILES string of the molecule is Cc1nn(-c2ccccc2)c(C)c1C(=O)Nc1cccc(-c2nnc3n2CCCCC3)c1. The van der Waals surface area contributed by atoms with Gasteiger partial charge in [0.1, 0.15) is 5.82 Å². The predicted octanol–water partition coefficient (Wildman–Crippen LogP) is 4.73. The predicted molar refractivity (Wildman–Crippen MR) is 124 cm³/mol. The fourth-order valence-electron chi connectivity index (χ4n) is 4.42. The summed E-state index contributed by atoms with van der Waals surface area (Å²) in [6.45, 7) is 4.72. The summed E-state index contributed by atoms with van der Waals surface area (Å²) in [5.74, 6) is 1.74. The number of para-hydroxylation sites is 1. The lowest BCUT2D eigenvalue weighted by molar-refractivity contribution is 0.102. The van der Waals surface area contributed by atoms with Crippen LogP contribution in [-0.2, 0) is 13.0 Å². The Hall–Kier alpha value is -3.74. The lowest BCUT2D eigenvalue weighted by Crippen LogP contribution is -2.14. The van der Waals surface area contributed by atoms with Crippen LogP contribution in [0, 0.1) is 13.8 Å². The summed E-state index contributed by atoms with van der Waals surface area (Å²) in [6, 6.07) is 17.7. The molecule has 0 fully saturated rings. The average molecular weight is 427 g/mol. The van der Waals surface area contributed by atoms with Crippen molar-refractivity contribution in [2.75, 3.05) is 5.32 Å². The van der Waals surface area contributed by atoms with E-state index in [1.54, 1.807) is 0 Å². The highest BCUT2D eigenvalue weighted by Crippen LogP contribution is 2.26. The van der Waals surface area contributed by atoms with Gasteiger partial charge >= 0.3 is 0 Å². The van der Waals surface area contributed by atoms with E-state index in [0.29, 0.717) is 11.3 Å². The highest BCUT2D eigenvalue weighted by Gasteiger charge is 2.20. The monoisotopic (exact) mass is 426 g/mol. The summed E-state index contributed by atoms with van der Waals surface area (Å²) in [4.78, 5) is 13.2. The molecule has 0 spiro atoms. The number of fused-ring (bicyclic) bond motifs is 1. The van der Waals surface area contributed by atoms with Crippen LogP contribution in [0.25, 0.3) is 17.1 Å². The summed E-state index contributed by atoms with van der Waals surface area (Å²) in [5, 5.41) is 16.5. The first-order valence-electron chi connectivity index (χ1n) is 11.1. The van der Waals surface area contributed by atoms with Crippen LogP contribution < -0.4 is 5.32 Å². The van der Waals surface area contributed by atoms with Crippen LogP contribution in [-0.4, -0.2) is 30.5 Å². The Balaban J connectivity index is 1.42. The summed E-state index contributed by atoms with van der Waals surface area (Å²) in [6.07, 6.45) is 4.48. The number of amides is 1. The molecule has 7 nitrogen and oxygen atoms in total. The van der Waals surface area contributed by atoms with Gasteiger partial charge in [-0.3, -0.25) is 4.79 Å². The second kappa shape index (κ2) is 8.42. The van der Waals surface area contributed by atoms with Gasteiger partial charge in [-0.25, -0.2) is 4.68 Å². The molecule has 1 aliphatic rings. The summed E-state index contributed by atoms with van der Waals surface area (Å²) >= 11 is 0. The van der Waals surface area contributed by atoms with Crippen molar-refractivity contribution < 1.29 is 4.79 Å². The molecule has 1 amide bonds. The Morgan fingerprint density at radius 2 is 1.81 bits per heavy atom. The highest BCUT2D eigenvalue weighted by atomic mass is 16.1. The van der Waals surface area contributed by atoms with Crippen molar-refractivity contribution in [3.63, 3.8) is 0 Å². The molecule has 0 unspecified atom stereocenters. The topological polar surface area (TPSA) is 77.6 Å². The zero-order valence-corrected chi connectivity index (χ0v) is 18.4. The van der Waals surface area contributed by atoms with Gasteiger partial charge in [-0.1, -0.05) is 36.8 Å². The first-order chi connectivity index (χ1) is 15.6. The third-order valence-corrected chi connectivity index (χ3v) is 6.01. The number of carbonyl (C=O) groups is 1. The Morgan fingerprint density at radius 1 is 0.969 bits per heavy atom. The Kier molecular flexibility index (Phi) is 5.31. The molecule has 2 aromatic carbocycles. The van der Waals surface area contributed by atoms with Crippen molar-refractivity contribution in [3.05, 3.63) is 77.4 Å². The maximum Gasteiger partial charge on any atom is 0.259 e. The van der Waals surface area contributed by atoms with Crippen molar-refractivity contribution in [2.24, 2.45) is 0 Å². The zero-order chi connectivity index (χ0) is 22.1. The van der Waals surface area contributed by atoms with Crippen LogP contribution in [0.3, 0.4) is 0 Å². The van der Waals surface area contributed by atoms with E-state index in [9.17, 15) is 4.79 Å². The van der Waals surface area contributed by atoms with Crippen LogP contribution in [0.15, 0.2) is 54.6 Å².